The maximum Gasteiger partial charge on any atom is 0.407 e. The molecule has 0 spiro atoms. The number of carbonyl (C=O) groups is 1. The molecule has 0 bridgehead atoms. The first-order valence-corrected chi connectivity index (χ1v) is 11.1. The zero-order valence-electron chi connectivity index (χ0n) is 18.0. The molecule has 0 aromatic heterocycles. The van der Waals surface area contributed by atoms with E-state index in [0.717, 1.165) is 37.4 Å². The zero-order valence-corrected chi connectivity index (χ0v) is 18.0. The van der Waals surface area contributed by atoms with Crippen LogP contribution in [0, 0.1) is 0 Å². The number of anilines is 2. The Morgan fingerprint density at radius 2 is 1.66 bits per heavy atom. The highest BCUT2D eigenvalue weighted by Gasteiger charge is 2.29. The van der Waals surface area contributed by atoms with Gasteiger partial charge < -0.3 is 26.0 Å². The summed E-state index contributed by atoms with van der Waals surface area (Å²) < 4.78 is 5.64. The molecule has 3 aromatic carbocycles. The van der Waals surface area contributed by atoms with E-state index in [1.807, 2.05) is 36.4 Å². The van der Waals surface area contributed by atoms with Crippen LogP contribution in [0.1, 0.15) is 22.6 Å². The van der Waals surface area contributed by atoms with Gasteiger partial charge in [0.15, 0.2) is 0 Å². The Morgan fingerprint density at radius 3 is 2.34 bits per heavy atom. The molecule has 32 heavy (non-hydrogen) atoms. The Hall–Kier alpha value is -3.51. The van der Waals surface area contributed by atoms with Crippen LogP contribution in [0.3, 0.4) is 0 Å². The van der Waals surface area contributed by atoms with Crippen molar-refractivity contribution in [2.45, 2.75) is 12.5 Å². The van der Waals surface area contributed by atoms with Crippen LogP contribution in [-0.2, 0) is 11.3 Å². The fraction of sp³-hybridized carbons (Fsp3) is 0.269. The van der Waals surface area contributed by atoms with Crippen LogP contribution in [0.15, 0.2) is 66.7 Å². The molecule has 6 nitrogen and oxygen atoms in total. The lowest BCUT2D eigenvalue weighted by Crippen LogP contribution is -2.43. The van der Waals surface area contributed by atoms with Gasteiger partial charge >= 0.3 is 6.09 Å². The van der Waals surface area contributed by atoms with E-state index in [4.69, 9.17) is 10.5 Å². The molecule has 1 aliphatic heterocycles. The summed E-state index contributed by atoms with van der Waals surface area (Å²) in [5, 5.41) is 6.24. The number of nitrogens with one attached hydrogen (secondary N) is 2. The standard InChI is InChI=1S/C26H28N4O2/c27-19-13-18(14-20(15-19)30-11-9-28-10-12-30)16-29-26(31)32-17-25-23-7-3-1-5-21(23)22-6-2-4-8-24(22)25/h1-8,13-15,25,28H,9-12,16-17,27H2,(H,29,31). The average Bonchev–Trinajstić information content (AvgIpc) is 3.15. The second-order valence-corrected chi connectivity index (χ2v) is 8.35. The second kappa shape index (κ2) is 8.93. The van der Waals surface area contributed by atoms with Gasteiger partial charge in [0.2, 0.25) is 0 Å². The van der Waals surface area contributed by atoms with E-state index in [2.05, 4.69) is 45.9 Å². The van der Waals surface area contributed by atoms with Crippen LogP contribution in [0.4, 0.5) is 16.2 Å². The van der Waals surface area contributed by atoms with Crippen molar-refractivity contribution in [2.75, 3.05) is 43.4 Å². The molecule has 0 saturated carbocycles. The van der Waals surface area contributed by atoms with Crippen molar-refractivity contribution < 1.29 is 9.53 Å². The number of ether oxygens (including phenoxy) is 1. The molecule has 0 atom stereocenters. The predicted molar refractivity (Wildman–Crippen MR) is 128 cm³/mol. The number of fused-ring (bicyclic) bond motifs is 3. The van der Waals surface area contributed by atoms with Crippen molar-refractivity contribution in [1.29, 1.82) is 0 Å². The minimum absolute atomic E-state index is 0.0554. The van der Waals surface area contributed by atoms with E-state index < -0.39 is 6.09 Å². The van der Waals surface area contributed by atoms with E-state index in [-0.39, 0.29) is 5.92 Å². The quantitative estimate of drug-likeness (QED) is 0.540. The van der Waals surface area contributed by atoms with Crippen molar-refractivity contribution in [3.8, 4) is 11.1 Å². The largest absolute Gasteiger partial charge is 0.449 e. The maximum atomic E-state index is 12.5. The van der Waals surface area contributed by atoms with Gasteiger partial charge in [-0.05, 0) is 46.0 Å². The highest BCUT2D eigenvalue weighted by Crippen LogP contribution is 2.44. The molecule has 164 valence electrons. The van der Waals surface area contributed by atoms with Gasteiger partial charge in [-0.2, -0.15) is 0 Å². The minimum atomic E-state index is -0.419. The number of piperazine rings is 1. The number of nitrogens with two attached hydrogens (primary N) is 1. The molecule has 1 saturated heterocycles. The Kier molecular flexibility index (Phi) is 5.69. The van der Waals surface area contributed by atoms with Gasteiger partial charge in [-0.3, -0.25) is 0 Å². The Balaban J connectivity index is 1.22. The van der Waals surface area contributed by atoms with Crippen molar-refractivity contribution >= 4 is 17.5 Å². The molecule has 4 N–H and O–H groups in total. The first-order chi connectivity index (χ1) is 15.7. The maximum absolute atomic E-state index is 12.5. The zero-order chi connectivity index (χ0) is 21.9. The fourth-order valence-electron chi connectivity index (χ4n) is 4.73. The molecular weight excluding hydrogens is 400 g/mol. The molecule has 2 aliphatic rings. The van der Waals surface area contributed by atoms with Gasteiger partial charge in [0.1, 0.15) is 6.61 Å². The van der Waals surface area contributed by atoms with Gasteiger partial charge in [-0.25, -0.2) is 4.79 Å². The first kappa shape index (κ1) is 20.4. The highest BCUT2D eigenvalue weighted by atomic mass is 16.5. The smallest absolute Gasteiger partial charge is 0.407 e. The summed E-state index contributed by atoms with van der Waals surface area (Å²) in [6.45, 7) is 4.50. The van der Waals surface area contributed by atoms with E-state index in [9.17, 15) is 4.79 Å². The molecular formula is C26H28N4O2. The third-order valence-corrected chi connectivity index (χ3v) is 6.26. The number of rotatable bonds is 5. The molecule has 0 radical (unpaired) electrons. The van der Waals surface area contributed by atoms with Gasteiger partial charge in [-0.1, -0.05) is 48.5 Å². The van der Waals surface area contributed by atoms with Crippen molar-refractivity contribution in [3.63, 3.8) is 0 Å². The SMILES string of the molecule is Nc1cc(CNC(=O)OCC2c3ccccc3-c3ccccc32)cc(N2CCNCC2)c1. The monoisotopic (exact) mass is 428 g/mol. The van der Waals surface area contributed by atoms with E-state index in [1.54, 1.807) is 0 Å². The van der Waals surface area contributed by atoms with Crippen molar-refractivity contribution in [1.82, 2.24) is 10.6 Å². The molecule has 1 aliphatic carbocycles. The minimum Gasteiger partial charge on any atom is -0.449 e. The summed E-state index contributed by atoms with van der Waals surface area (Å²) >= 11 is 0. The molecule has 1 heterocycles. The summed E-state index contributed by atoms with van der Waals surface area (Å²) in [4.78, 5) is 14.8. The van der Waals surface area contributed by atoms with Crippen LogP contribution < -0.4 is 21.3 Å². The van der Waals surface area contributed by atoms with Crippen LogP contribution in [0.2, 0.25) is 0 Å². The topological polar surface area (TPSA) is 79.6 Å². The number of hydrogen-bond acceptors (Lipinski definition) is 5. The lowest BCUT2D eigenvalue weighted by Gasteiger charge is -2.30. The van der Waals surface area contributed by atoms with Crippen molar-refractivity contribution in [3.05, 3.63) is 83.4 Å². The summed E-state index contributed by atoms with van der Waals surface area (Å²) in [5.74, 6) is 0.0554. The lowest BCUT2D eigenvalue weighted by molar-refractivity contribution is 0.142. The number of alkyl carbamates (subject to hydrolysis) is 1. The number of hydrogen-bond donors (Lipinski definition) is 3. The summed E-state index contributed by atoms with van der Waals surface area (Å²) in [6, 6.07) is 22.6. The average molecular weight is 429 g/mol. The van der Waals surface area contributed by atoms with Gasteiger partial charge in [0.05, 0.1) is 0 Å². The van der Waals surface area contributed by atoms with Crippen LogP contribution in [0.25, 0.3) is 11.1 Å². The Bertz CT molecular complexity index is 1080. The third kappa shape index (κ3) is 4.14. The molecule has 1 amide bonds. The van der Waals surface area contributed by atoms with Gasteiger partial charge in [0, 0.05) is 50.0 Å². The van der Waals surface area contributed by atoms with Crippen LogP contribution in [-0.4, -0.2) is 38.9 Å². The second-order valence-electron chi connectivity index (χ2n) is 8.35. The van der Waals surface area contributed by atoms with Gasteiger partial charge in [0.25, 0.3) is 0 Å². The number of amides is 1. The highest BCUT2D eigenvalue weighted by molar-refractivity contribution is 5.79. The molecule has 6 heteroatoms. The van der Waals surface area contributed by atoms with E-state index in [0.29, 0.717) is 18.8 Å². The summed E-state index contributed by atoms with van der Waals surface area (Å²) in [5.41, 5.74) is 13.7. The predicted octanol–water partition coefficient (Wildman–Crippen LogP) is 3.72. The molecule has 1 fully saturated rings. The van der Waals surface area contributed by atoms with E-state index >= 15 is 0 Å². The van der Waals surface area contributed by atoms with Crippen LogP contribution >= 0.6 is 0 Å². The lowest BCUT2D eigenvalue weighted by atomic mass is 9.98. The van der Waals surface area contributed by atoms with E-state index in [1.165, 1.54) is 22.3 Å². The molecule has 0 unspecified atom stereocenters. The first-order valence-electron chi connectivity index (χ1n) is 11.1. The number of benzene rings is 3. The Labute approximate surface area is 188 Å². The fourth-order valence-corrected chi connectivity index (χ4v) is 4.73. The Morgan fingerprint density at radius 1 is 1.00 bits per heavy atom. The molecule has 5 rings (SSSR count). The summed E-state index contributed by atoms with van der Waals surface area (Å²) in [6.07, 6.45) is -0.419. The third-order valence-electron chi connectivity index (χ3n) is 6.26. The van der Waals surface area contributed by atoms with Crippen molar-refractivity contribution in [2.24, 2.45) is 0 Å². The van der Waals surface area contributed by atoms with Crippen LogP contribution in [0.5, 0.6) is 0 Å². The van der Waals surface area contributed by atoms with Gasteiger partial charge in [-0.15, -0.1) is 0 Å². The molecule has 3 aromatic rings. The number of carbonyl (C=O) groups excluding carboxylic acids is 1. The number of nitrogens with zero attached hydrogens (tertiary/aromatic N) is 1. The number of nitrogen functional groups attached to an aromatic ring is 1. The summed E-state index contributed by atoms with van der Waals surface area (Å²) in [7, 11) is 0. The normalized spacial score (nSPS) is 15.2.